The topological polar surface area (TPSA) is 68.0 Å². The van der Waals surface area contributed by atoms with Crippen molar-refractivity contribution in [2.75, 3.05) is 0 Å². The molecule has 0 atom stereocenters. The highest BCUT2D eigenvalue weighted by atomic mass is 16.1. The fraction of sp³-hybridized carbons (Fsp3) is 0.286. The van der Waals surface area contributed by atoms with Gasteiger partial charge >= 0.3 is 0 Å². The Labute approximate surface area is 105 Å². The third-order valence-corrected chi connectivity index (χ3v) is 3.39. The van der Waals surface area contributed by atoms with E-state index in [2.05, 4.69) is 10.3 Å². The number of benzene rings is 1. The molecular formula is C14H15N3O. The van der Waals surface area contributed by atoms with E-state index in [1.165, 1.54) is 0 Å². The average molecular weight is 241 g/mol. The predicted molar refractivity (Wildman–Crippen MR) is 70.2 cm³/mol. The van der Waals surface area contributed by atoms with Crippen molar-refractivity contribution in [1.29, 1.82) is 0 Å². The second-order valence-corrected chi connectivity index (χ2v) is 4.78. The Morgan fingerprint density at radius 2 is 2.06 bits per heavy atom. The Bertz CT molecular complexity index is 585. The highest BCUT2D eigenvalue weighted by Crippen LogP contribution is 2.20. The van der Waals surface area contributed by atoms with Crippen LogP contribution in [0.2, 0.25) is 0 Å². The lowest BCUT2D eigenvalue weighted by atomic mass is 9.87. The van der Waals surface area contributed by atoms with Crippen LogP contribution < -0.4 is 11.1 Å². The number of fused-ring (bicyclic) bond motifs is 1. The van der Waals surface area contributed by atoms with Crippen LogP contribution >= 0.6 is 0 Å². The molecule has 1 aliphatic rings. The van der Waals surface area contributed by atoms with Crippen LogP contribution in [0.4, 0.5) is 0 Å². The first-order chi connectivity index (χ1) is 8.74. The summed E-state index contributed by atoms with van der Waals surface area (Å²) < 4.78 is 0. The van der Waals surface area contributed by atoms with E-state index in [-0.39, 0.29) is 18.0 Å². The first-order valence-electron chi connectivity index (χ1n) is 6.14. The summed E-state index contributed by atoms with van der Waals surface area (Å²) in [5.41, 5.74) is 7.09. The third-order valence-electron chi connectivity index (χ3n) is 3.39. The quantitative estimate of drug-likeness (QED) is 0.836. The Morgan fingerprint density at radius 3 is 2.83 bits per heavy atom. The smallest absolute Gasteiger partial charge is 0.253 e. The van der Waals surface area contributed by atoms with Gasteiger partial charge in [0.2, 0.25) is 0 Å². The first kappa shape index (κ1) is 11.2. The number of nitrogens with two attached hydrogens (primary N) is 1. The summed E-state index contributed by atoms with van der Waals surface area (Å²) in [6.07, 6.45) is 3.44. The molecule has 0 aliphatic heterocycles. The minimum atomic E-state index is -0.0591. The summed E-state index contributed by atoms with van der Waals surface area (Å²) in [4.78, 5) is 16.5. The highest BCUT2D eigenvalue weighted by Gasteiger charge is 2.27. The normalized spacial score (nSPS) is 22.5. The van der Waals surface area contributed by atoms with E-state index < -0.39 is 0 Å². The third kappa shape index (κ3) is 1.95. The molecule has 2 aromatic rings. The molecule has 1 amide bonds. The van der Waals surface area contributed by atoms with Crippen LogP contribution in [-0.2, 0) is 0 Å². The minimum Gasteiger partial charge on any atom is -0.349 e. The molecule has 1 aromatic carbocycles. The van der Waals surface area contributed by atoms with E-state index in [4.69, 9.17) is 5.73 Å². The lowest BCUT2D eigenvalue weighted by Crippen LogP contribution is -2.50. The second-order valence-electron chi connectivity index (χ2n) is 4.78. The Morgan fingerprint density at radius 1 is 1.28 bits per heavy atom. The molecule has 0 spiro atoms. The number of carbonyl (C=O) groups excluding carboxylic acids is 1. The second kappa shape index (κ2) is 4.38. The number of carbonyl (C=O) groups is 1. The number of nitrogens with zero attached hydrogens (tertiary/aromatic N) is 1. The molecule has 1 saturated carbocycles. The molecule has 4 nitrogen and oxygen atoms in total. The Balaban J connectivity index is 1.87. The maximum absolute atomic E-state index is 12.2. The molecule has 3 rings (SSSR count). The van der Waals surface area contributed by atoms with E-state index in [1.807, 2.05) is 30.3 Å². The van der Waals surface area contributed by atoms with Crippen molar-refractivity contribution in [1.82, 2.24) is 10.3 Å². The van der Waals surface area contributed by atoms with Gasteiger partial charge in [-0.3, -0.25) is 9.78 Å². The molecule has 0 unspecified atom stereocenters. The predicted octanol–water partition coefficient (Wildman–Crippen LogP) is 1.45. The first-order valence-corrected chi connectivity index (χ1v) is 6.14. The maximum atomic E-state index is 12.2. The van der Waals surface area contributed by atoms with Crippen molar-refractivity contribution in [3.8, 4) is 0 Å². The fourth-order valence-corrected chi connectivity index (χ4v) is 2.33. The van der Waals surface area contributed by atoms with Crippen molar-refractivity contribution in [3.63, 3.8) is 0 Å². The Kier molecular flexibility index (Phi) is 2.72. The molecule has 0 bridgehead atoms. The van der Waals surface area contributed by atoms with Crippen molar-refractivity contribution in [2.45, 2.75) is 24.9 Å². The number of hydrogen-bond donors (Lipinski definition) is 2. The molecule has 1 aromatic heterocycles. The van der Waals surface area contributed by atoms with Crippen LogP contribution in [0.5, 0.6) is 0 Å². The molecule has 1 aliphatic carbocycles. The van der Waals surface area contributed by atoms with Gasteiger partial charge in [0.05, 0.1) is 11.1 Å². The zero-order valence-corrected chi connectivity index (χ0v) is 9.97. The van der Waals surface area contributed by atoms with Crippen molar-refractivity contribution >= 4 is 16.8 Å². The molecule has 4 heteroatoms. The molecule has 1 heterocycles. The number of amides is 1. The zero-order chi connectivity index (χ0) is 12.5. The fourth-order valence-electron chi connectivity index (χ4n) is 2.33. The average Bonchev–Trinajstić information content (AvgIpc) is 2.36. The number of pyridine rings is 1. The number of nitrogens with one attached hydrogen (secondary N) is 1. The molecule has 0 saturated heterocycles. The van der Waals surface area contributed by atoms with Crippen molar-refractivity contribution in [3.05, 3.63) is 42.1 Å². The van der Waals surface area contributed by atoms with Crippen LogP contribution in [0.1, 0.15) is 23.2 Å². The van der Waals surface area contributed by atoms with E-state index in [9.17, 15) is 4.79 Å². The number of rotatable bonds is 2. The van der Waals surface area contributed by atoms with Crippen LogP contribution in [-0.4, -0.2) is 23.0 Å². The molecule has 3 N–H and O–H groups in total. The molecular weight excluding hydrogens is 226 g/mol. The Hall–Kier alpha value is -1.94. The summed E-state index contributed by atoms with van der Waals surface area (Å²) in [6, 6.07) is 9.92. The molecule has 18 heavy (non-hydrogen) atoms. The van der Waals surface area contributed by atoms with Crippen LogP contribution in [0, 0.1) is 0 Å². The van der Waals surface area contributed by atoms with Gasteiger partial charge in [-0.05, 0) is 25.0 Å². The highest BCUT2D eigenvalue weighted by molar-refractivity contribution is 6.05. The summed E-state index contributed by atoms with van der Waals surface area (Å²) in [6.45, 7) is 0. The number of para-hydroxylation sites is 1. The van der Waals surface area contributed by atoms with Gasteiger partial charge < -0.3 is 11.1 Å². The monoisotopic (exact) mass is 241 g/mol. The van der Waals surface area contributed by atoms with E-state index in [1.54, 1.807) is 6.20 Å². The van der Waals surface area contributed by atoms with Gasteiger partial charge in [-0.1, -0.05) is 18.2 Å². The van der Waals surface area contributed by atoms with Gasteiger partial charge in [0.1, 0.15) is 0 Å². The van der Waals surface area contributed by atoms with Crippen LogP contribution in [0.3, 0.4) is 0 Å². The van der Waals surface area contributed by atoms with Gasteiger partial charge in [0.15, 0.2) is 0 Å². The summed E-state index contributed by atoms with van der Waals surface area (Å²) in [7, 11) is 0. The lowest BCUT2D eigenvalue weighted by molar-refractivity contribution is 0.0912. The van der Waals surface area contributed by atoms with Gasteiger partial charge in [-0.25, -0.2) is 0 Å². The molecule has 0 radical (unpaired) electrons. The number of hydrogen-bond acceptors (Lipinski definition) is 3. The van der Waals surface area contributed by atoms with Gasteiger partial charge in [0.25, 0.3) is 5.91 Å². The van der Waals surface area contributed by atoms with E-state index >= 15 is 0 Å². The van der Waals surface area contributed by atoms with Gasteiger partial charge in [0, 0.05) is 23.7 Å². The summed E-state index contributed by atoms with van der Waals surface area (Å²) >= 11 is 0. The van der Waals surface area contributed by atoms with E-state index in [0.29, 0.717) is 5.56 Å². The summed E-state index contributed by atoms with van der Waals surface area (Å²) in [5, 5.41) is 3.98. The standard InChI is InChI=1S/C14H15N3O/c15-10-7-11(8-10)17-14(18)12-5-1-3-9-4-2-6-16-13(9)12/h1-6,10-11H,7-8,15H2,(H,17,18). The molecule has 92 valence electrons. The van der Waals surface area contributed by atoms with Gasteiger partial charge in [-0.2, -0.15) is 0 Å². The minimum absolute atomic E-state index is 0.0591. The zero-order valence-electron chi connectivity index (χ0n) is 9.97. The SMILES string of the molecule is NC1CC(NC(=O)c2cccc3cccnc23)C1. The largest absolute Gasteiger partial charge is 0.349 e. The van der Waals surface area contributed by atoms with Crippen LogP contribution in [0.25, 0.3) is 10.9 Å². The summed E-state index contributed by atoms with van der Waals surface area (Å²) in [5.74, 6) is -0.0591. The van der Waals surface area contributed by atoms with Crippen molar-refractivity contribution in [2.24, 2.45) is 5.73 Å². The van der Waals surface area contributed by atoms with Crippen molar-refractivity contribution < 1.29 is 4.79 Å². The molecule has 1 fully saturated rings. The lowest BCUT2D eigenvalue weighted by Gasteiger charge is -2.33. The maximum Gasteiger partial charge on any atom is 0.253 e. The van der Waals surface area contributed by atoms with Gasteiger partial charge in [-0.15, -0.1) is 0 Å². The van der Waals surface area contributed by atoms with E-state index in [0.717, 1.165) is 23.7 Å². The van der Waals surface area contributed by atoms with Crippen LogP contribution in [0.15, 0.2) is 36.5 Å². The number of aromatic nitrogens is 1.